The van der Waals surface area contributed by atoms with Gasteiger partial charge in [-0.2, -0.15) is 0 Å². The minimum Gasteiger partial charge on any atom is -0.243 e. The maximum absolute atomic E-state index is 13.0. The summed E-state index contributed by atoms with van der Waals surface area (Å²) in [6, 6.07) is 8.34. The highest BCUT2D eigenvalue weighted by atomic mass is 19.1. The van der Waals surface area contributed by atoms with E-state index in [2.05, 4.69) is 31.2 Å². The van der Waals surface area contributed by atoms with Crippen LogP contribution in [0.5, 0.6) is 0 Å². The van der Waals surface area contributed by atoms with Crippen LogP contribution in [0.3, 0.4) is 0 Å². The van der Waals surface area contributed by atoms with Gasteiger partial charge in [-0.05, 0) is 49.1 Å². The predicted octanol–water partition coefficient (Wildman–Crippen LogP) is 4.07. The molecule has 2 rings (SSSR count). The van der Waals surface area contributed by atoms with E-state index in [-0.39, 0.29) is 0 Å². The molecule has 1 aliphatic carbocycles. The number of hydrogen-bond donors (Lipinski definition) is 0. The molecule has 0 amide bonds. The summed E-state index contributed by atoms with van der Waals surface area (Å²) in [7, 11) is 0. The number of allylic oxidation sites excluding steroid dienone is 4. The molecular weight excluding hydrogens is 187 g/mol. The quantitative estimate of drug-likeness (QED) is 0.678. The molecule has 15 heavy (non-hydrogen) atoms. The lowest BCUT2D eigenvalue weighted by Crippen LogP contribution is -1.89. The molecule has 1 heteroatoms. The van der Waals surface area contributed by atoms with Crippen molar-refractivity contribution < 1.29 is 4.39 Å². The fourth-order valence-electron chi connectivity index (χ4n) is 1.73. The molecular formula is C14H15F. The molecule has 1 aromatic carbocycles. The molecule has 0 saturated carbocycles. The van der Waals surface area contributed by atoms with Gasteiger partial charge in [-0.15, -0.1) is 0 Å². The second-order valence-electron chi connectivity index (χ2n) is 4.12. The van der Waals surface area contributed by atoms with Crippen LogP contribution >= 0.6 is 0 Å². The lowest BCUT2D eigenvalue weighted by Gasteiger charge is -2.02. The van der Waals surface area contributed by atoms with E-state index in [1.807, 2.05) is 13.0 Å². The highest BCUT2D eigenvalue weighted by molar-refractivity contribution is 5.81. The van der Waals surface area contributed by atoms with Crippen molar-refractivity contribution >= 4 is 5.57 Å². The monoisotopic (exact) mass is 202 g/mol. The van der Waals surface area contributed by atoms with Crippen molar-refractivity contribution in [1.29, 1.82) is 0 Å². The zero-order valence-electron chi connectivity index (χ0n) is 9.34. The molecule has 0 aliphatic heterocycles. The van der Waals surface area contributed by atoms with E-state index in [0.29, 0.717) is 0 Å². The number of benzene rings is 1. The predicted molar refractivity (Wildman–Crippen MR) is 62.4 cm³/mol. The van der Waals surface area contributed by atoms with Crippen LogP contribution in [0, 0.1) is 6.92 Å². The second kappa shape index (κ2) is 3.65. The summed E-state index contributed by atoms with van der Waals surface area (Å²) in [4.78, 5) is 0. The van der Waals surface area contributed by atoms with Gasteiger partial charge < -0.3 is 0 Å². The lowest BCUT2D eigenvalue weighted by atomic mass is 10.0. The Kier molecular flexibility index (Phi) is 2.47. The summed E-state index contributed by atoms with van der Waals surface area (Å²) < 4.78 is 13.0. The number of alkyl halides is 1. The van der Waals surface area contributed by atoms with Crippen molar-refractivity contribution in [3.05, 3.63) is 52.6 Å². The van der Waals surface area contributed by atoms with Crippen LogP contribution in [0.1, 0.15) is 25.0 Å². The van der Waals surface area contributed by atoms with E-state index in [9.17, 15) is 4.39 Å². The summed E-state index contributed by atoms with van der Waals surface area (Å²) in [5, 5.41) is 0. The number of hydrogen-bond acceptors (Lipinski definition) is 0. The van der Waals surface area contributed by atoms with Crippen molar-refractivity contribution in [2.75, 3.05) is 0 Å². The Balaban J connectivity index is 2.24. The number of rotatable bonds is 2. The van der Waals surface area contributed by atoms with E-state index in [1.165, 1.54) is 16.7 Å². The second-order valence-corrected chi connectivity index (χ2v) is 4.12. The standard InChI is InChI=1S/C14H15F/c1-9-4-6-12(7-5-9)10(2)13-8-14(13)11(3)15/h4-8,11H,1-3H3/b13-10+/t11-/m0/s1. The summed E-state index contributed by atoms with van der Waals surface area (Å²) >= 11 is 0. The molecule has 0 bridgehead atoms. The fourth-order valence-corrected chi connectivity index (χ4v) is 1.73. The molecule has 0 aromatic heterocycles. The average molecular weight is 202 g/mol. The summed E-state index contributed by atoms with van der Waals surface area (Å²) in [5.74, 6) is 0. The van der Waals surface area contributed by atoms with Gasteiger partial charge in [-0.25, -0.2) is 4.39 Å². The molecule has 0 nitrogen and oxygen atoms in total. The third-order valence-electron chi connectivity index (χ3n) is 2.84. The third-order valence-corrected chi connectivity index (χ3v) is 2.84. The van der Waals surface area contributed by atoms with E-state index in [1.54, 1.807) is 6.92 Å². The van der Waals surface area contributed by atoms with Crippen molar-refractivity contribution in [1.82, 2.24) is 0 Å². The normalized spacial score (nSPS) is 19.6. The molecule has 1 aliphatic rings. The van der Waals surface area contributed by atoms with Gasteiger partial charge in [0.05, 0.1) is 0 Å². The minimum atomic E-state index is -0.833. The molecule has 0 spiro atoms. The van der Waals surface area contributed by atoms with Gasteiger partial charge in [0.15, 0.2) is 0 Å². The lowest BCUT2D eigenvalue weighted by molar-refractivity contribution is 0.423. The van der Waals surface area contributed by atoms with E-state index < -0.39 is 6.17 Å². The first-order valence-electron chi connectivity index (χ1n) is 5.23. The molecule has 0 saturated heterocycles. The first kappa shape index (κ1) is 10.2. The Bertz CT molecular complexity index is 433. The number of aryl methyl sites for hydroxylation is 1. The Morgan fingerprint density at radius 3 is 2.27 bits per heavy atom. The van der Waals surface area contributed by atoms with Gasteiger partial charge in [0.2, 0.25) is 0 Å². The molecule has 0 fully saturated rings. The highest BCUT2D eigenvalue weighted by Crippen LogP contribution is 2.38. The van der Waals surface area contributed by atoms with Gasteiger partial charge in [0.1, 0.15) is 6.17 Å². The summed E-state index contributed by atoms with van der Waals surface area (Å²) in [6.07, 6.45) is 1.10. The first-order valence-corrected chi connectivity index (χ1v) is 5.23. The van der Waals surface area contributed by atoms with Crippen LogP contribution in [0.4, 0.5) is 4.39 Å². The van der Waals surface area contributed by atoms with Crippen LogP contribution < -0.4 is 0 Å². The molecule has 0 heterocycles. The first-order chi connectivity index (χ1) is 7.09. The Hall–Kier alpha value is -1.37. The molecule has 0 N–H and O–H groups in total. The van der Waals surface area contributed by atoms with Crippen molar-refractivity contribution in [2.24, 2.45) is 0 Å². The van der Waals surface area contributed by atoms with E-state index in [0.717, 1.165) is 11.1 Å². The van der Waals surface area contributed by atoms with E-state index in [4.69, 9.17) is 0 Å². The van der Waals surface area contributed by atoms with Crippen molar-refractivity contribution in [3.63, 3.8) is 0 Å². The fraction of sp³-hybridized carbons (Fsp3) is 0.286. The maximum atomic E-state index is 13.0. The largest absolute Gasteiger partial charge is 0.243 e. The maximum Gasteiger partial charge on any atom is 0.123 e. The summed E-state index contributed by atoms with van der Waals surface area (Å²) in [5.41, 5.74) is 5.55. The zero-order chi connectivity index (χ0) is 11.0. The van der Waals surface area contributed by atoms with Crippen LogP contribution in [-0.4, -0.2) is 6.17 Å². The smallest absolute Gasteiger partial charge is 0.123 e. The Morgan fingerprint density at radius 2 is 1.80 bits per heavy atom. The minimum absolute atomic E-state index is 0.833. The SMILES string of the molecule is C/C(=C1C=C/1[C@H](C)F)c1ccc(C)cc1. The van der Waals surface area contributed by atoms with Crippen LogP contribution in [0.25, 0.3) is 5.57 Å². The molecule has 1 atom stereocenters. The van der Waals surface area contributed by atoms with Crippen LogP contribution in [0.2, 0.25) is 0 Å². The topological polar surface area (TPSA) is 0 Å². The summed E-state index contributed by atoms with van der Waals surface area (Å²) in [6.45, 7) is 5.70. The van der Waals surface area contributed by atoms with Crippen molar-refractivity contribution in [3.8, 4) is 0 Å². The van der Waals surface area contributed by atoms with Crippen LogP contribution in [-0.2, 0) is 0 Å². The van der Waals surface area contributed by atoms with Crippen molar-refractivity contribution in [2.45, 2.75) is 26.9 Å². The average Bonchev–Trinajstić information content (AvgIpc) is 2.97. The molecule has 78 valence electrons. The van der Waals surface area contributed by atoms with Gasteiger partial charge in [0, 0.05) is 0 Å². The van der Waals surface area contributed by atoms with Gasteiger partial charge >= 0.3 is 0 Å². The Morgan fingerprint density at radius 1 is 1.20 bits per heavy atom. The highest BCUT2D eigenvalue weighted by Gasteiger charge is 2.24. The molecule has 1 aromatic rings. The Labute approximate surface area is 90.1 Å². The van der Waals surface area contributed by atoms with Gasteiger partial charge in [-0.3, -0.25) is 0 Å². The van der Waals surface area contributed by atoms with Gasteiger partial charge in [0.25, 0.3) is 0 Å². The van der Waals surface area contributed by atoms with E-state index >= 15 is 0 Å². The zero-order valence-corrected chi connectivity index (χ0v) is 9.34. The molecule has 0 radical (unpaired) electrons. The number of halogens is 1. The van der Waals surface area contributed by atoms with Gasteiger partial charge in [-0.1, -0.05) is 29.8 Å². The third kappa shape index (κ3) is 2.01. The molecule has 0 unspecified atom stereocenters. The van der Waals surface area contributed by atoms with Crippen LogP contribution in [0.15, 0.2) is 41.5 Å².